The first-order valence-corrected chi connectivity index (χ1v) is 7.19. The summed E-state index contributed by atoms with van der Waals surface area (Å²) < 4.78 is 19.1. The summed E-state index contributed by atoms with van der Waals surface area (Å²) in [7, 11) is 0. The topological polar surface area (TPSA) is 21.3 Å². The lowest BCUT2D eigenvalue weighted by Gasteiger charge is -2.16. The number of rotatable bonds is 6. The third-order valence-corrected chi connectivity index (χ3v) is 3.60. The van der Waals surface area contributed by atoms with Crippen LogP contribution in [0.2, 0.25) is 0 Å². The van der Waals surface area contributed by atoms with Crippen molar-refractivity contribution in [3.05, 3.63) is 52.0 Å². The summed E-state index contributed by atoms with van der Waals surface area (Å²) in [4.78, 5) is 1.29. The predicted octanol–water partition coefficient (Wildman–Crippen LogP) is 3.75. The van der Waals surface area contributed by atoms with Crippen LogP contribution in [0, 0.1) is 12.7 Å². The molecule has 1 aromatic heterocycles. The van der Waals surface area contributed by atoms with Crippen LogP contribution in [0.25, 0.3) is 0 Å². The van der Waals surface area contributed by atoms with E-state index in [4.69, 9.17) is 4.74 Å². The minimum atomic E-state index is -0.310. The van der Waals surface area contributed by atoms with Gasteiger partial charge < -0.3 is 10.1 Å². The molecule has 1 aromatic carbocycles. The van der Waals surface area contributed by atoms with Crippen molar-refractivity contribution in [1.82, 2.24) is 5.32 Å². The lowest BCUT2D eigenvalue weighted by atomic mass is 10.2. The van der Waals surface area contributed by atoms with Crippen LogP contribution in [0.5, 0.6) is 5.75 Å². The molecule has 0 bridgehead atoms. The molecular weight excluding hydrogens is 261 g/mol. The highest BCUT2D eigenvalue weighted by atomic mass is 32.1. The maximum atomic E-state index is 13.5. The van der Waals surface area contributed by atoms with Crippen molar-refractivity contribution in [1.29, 1.82) is 0 Å². The van der Waals surface area contributed by atoms with Crippen LogP contribution in [-0.4, -0.2) is 12.6 Å². The number of benzene rings is 1. The fourth-order valence-electron chi connectivity index (χ4n) is 1.77. The Bertz CT molecular complexity index is 513. The van der Waals surface area contributed by atoms with Gasteiger partial charge in [0.15, 0.2) is 11.6 Å². The van der Waals surface area contributed by atoms with E-state index in [1.165, 1.54) is 10.9 Å². The molecule has 2 aromatic rings. The Hall–Kier alpha value is -1.39. The molecule has 1 atom stereocenters. The lowest BCUT2D eigenvalue weighted by molar-refractivity contribution is 0.207. The van der Waals surface area contributed by atoms with Crippen molar-refractivity contribution >= 4 is 11.3 Å². The van der Waals surface area contributed by atoms with E-state index in [-0.39, 0.29) is 11.9 Å². The molecule has 1 N–H and O–H groups in total. The van der Waals surface area contributed by atoms with E-state index in [9.17, 15) is 4.39 Å². The van der Waals surface area contributed by atoms with Gasteiger partial charge in [-0.2, -0.15) is 0 Å². The highest BCUT2D eigenvalue weighted by molar-refractivity contribution is 7.09. The van der Waals surface area contributed by atoms with Gasteiger partial charge in [-0.25, -0.2) is 4.39 Å². The van der Waals surface area contributed by atoms with Gasteiger partial charge in [0.2, 0.25) is 0 Å². The Labute approximate surface area is 117 Å². The normalized spacial score (nSPS) is 12.4. The van der Waals surface area contributed by atoms with Crippen molar-refractivity contribution < 1.29 is 9.13 Å². The fraction of sp³-hybridized carbons (Fsp3) is 0.333. The Morgan fingerprint density at radius 3 is 2.95 bits per heavy atom. The van der Waals surface area contributed by atoms with Crippen LogP contribution in [0.3, 0.4) is 0 Å². The lowest BCUT2D eigenvalue weighted by Crippen LogP contribution is -2.28. The van der Waals surface area contributed by atoms with Gasteiger partial charge in [-0.1, -0.05) is 12.1 Å². The summed E-state index contributed by atoms with van der Waals surface area (Å²) in [6.07, 6.45) is -0.0729. The van der Waals surface area contributed by atoms with Crippen molar-refractivity contribution in [3.8, 4) is 5.75 Å². The molecule has 0 fully saturated rings. The van der Waals surface area contributed by atoms with Gasteiger partial charge in [-0.15, -0.1) is 11.3 Å². The molecule has 0 saturated heterocycles. The molecule has 0 radical (unpaired) electrons. The standard InChI is InChI=1S/C15H18FNOS/c1-11-5-6-14(16)15(8-11)18-12(2)9-17-10-13-4-3-7-19-13/h3-8,12,17H,9-10H2,1-2H3. The predicted molar refractivity (Wildman–Crippen MR) is 77.3 cm³/mol. The SMILES string of the molecule is Cc1ccc(F)c(OC(C)CNCc2cccs2)c1. The van der Waals surface area contributed by atoms with Gasteiger partial charge >= 0.3 is 0 Å². The zero-order valence-corrected chi connectivity index (χ0v) is 12.0. The molecule has 0 spiro atoms. The summed E-state index contributed by atoms with van der Waals surface area (Å²) in [6.45, 7) is 5.36. The van der Waals surface area contributed by atoms with Crippen LogP contribution >= 0.6 is 11.3 Å². The van der Waals surface area contributed by atoms with E-state index in [1.807, 2.05) is 19.9 Å². The average molecular weight is 279 g/mol. The molecule has 0 amide bonds. The quantitative estimate of drug-likeness (QED) is 0.869. The molecule has 2 nitrogen and oxygen atoms in total. The minimum Gasteiger partial charge on any atom is -0.486 e. The number of nitrogens with one attached hydrogen (secondary N) is 1. The van der Waals surface area contributed by atoms with Gasteiger partial charge in [0.25, 0.3) is 0 Å². The van der Waals surface area contributed by atoms with E-state index in [0.717, 1.165) is 12.1 Å². The molecule has 1 heterocycles. The molecule has 0 saturated carbocycles. The monoisotopic (exact) mass is 279 g/mol. The summed E-state index contributed by atoms with van der Waals surface area (Å²) in [6, 6.07) is 9.02. The van der Waals surface area contributed by atoms with E-state index in [0.29, 0.717) is 12.3 Å². The molecule has 2 rings (SSSR count). The minimum absolute atomic E-state index is 0.0729. The molecule has 102 valence electrons. The third kappa shape index (κ3) is 4.33. The van der Waals surface area contributed by atoms with E-state index < -0.39 is 0 Å². The molecule has 0 aliphatic heterocycles. The van der Waals surface area contributed by atoms with Gasteiger partial charge in [0, 0.05) is 18.0 Å². The summed E-state index contributed by atoms with van der Waals surface area (Å²) in [5.74, 6) is 0.0149. The highest BCUT2D eigenvalue weighted by Gasteiger charge is 2.08. The fourth-order valence-corrected chi connectivity index (χ4v) is 2.45. The first-order chi connectivity index (χ1) is 9.15. The van der Waals surface area contributed by atoms with E-state index >= 15 is 0 Å². The second kappa shape index (κ2) is 6.68. The second-order valence-corrected chi connectivity index (χ2v) is 5.60. The number of thiophene rings is 1. The van der Waals surface area contributed by atoms with Gasteiger partial charge in [-0.3, -0.25) is 0 Å². The van der Waals surface area contributed by atoms with Crippen LogP contribution in [0.1, 0.15) is 17.4 Å². The summed E-state index contributed by atoms with van der Waals surface area (Å²) >= 11 is 1.72. The van der Waals surface area contributed by atoms with E-state index in [1.54, 1.807) is 23.5 Å². The maximum absolute atomic E-state index is 13.5. The number of ether oxygens (including phenoxy) is 1. The highest BCUT2D eigenvalue weighted by Crippen LogP contribution is 2.19. The van der Waals surface area contributed by atoms with Crippen LogP contribution < -0.4 is 10.1 Å². The average Bonchev–Trinajstić information content (AvgIpc) is 2.87. The Morgan fingerprint density at radius 1 is 1.37 bits per heavy atom. The Kier molecular flexibility index (Phi) is 4.93. The maximum Gasteiger partial charge on any atom is 0.165 e. The smallest absolute Gasteiger partial charge is 0.165 e. The Morgan fingerprint density at radius 2 is 2.21 bits per heavy atom. The summed E-state index contributed by atoms with van der Waals surface area (Å²) in [5, 5.41) is 5.36. The molecule has 0 aliphatic carbocycles. The molecular formula is C15H18FNOS. The summed E-state index contributed by atoms with van der Waals surface area (Å²) in [5.41, 5.74) is 0.996. The van der Waals surface area contributed by atoms with E-state index in [2.05, 4.69) is 16.8 Å². The zero-order chi connectivity index (χ0) is 13.7. The van der Waals surface area contributed by atoms with Crippen molar-refractivity contribution in [2.75, 3.05) is 6.54 Å². The van der Waals surface area contributed by atoms with Gasteiger partial charge in [0.1, 0.15) is 6.10 Å². The van der Waals surface area contributed by atoms with Crippen LogP contribution in [0.15, 0.2) is 35.7 Å². The van der Waals surface area contributed by atoms with Crippen molar-refractivity contribution in [2.45, 2.75) is 26.5 Å². The van der Waals surface area contributed by atoms with Crippen molar-refractivity contribution in [3.63, 3.8) is 0 Å². The van der Waals surface area contributed by atoms with Crippen molar-refractivity contribution in [2.24, 2.45) is 0 Å². The number of hydrogen-bond donors (Lipinski definition) is 1. The van der Waals surface area contributed by atoms with Crippen LogP contribution in [-0.2, 0) is 6.54 Å². The molecule has 19 heavy (non-hydrogen) atoms. The molecule has 1 unspecified atom stereocenters. The zero-order valence-electron chi connectivity index (χ0n) is 11.2. The first kappa shape index (κ1) is 14.0. The largest absolute Gasteiger partial charge is 0.486 e. The second-order valence-electron chi connectivity index (χ2n) is 4.57. The number of aryl methyl sites for hydroxylation is 1. The molecule has 4 heteroatoms. The van der Waals surface area contributed by atoms with Gasteiger partial charge in [-0.05, 0) is 43.0 Å². The third-order valence-electron chi connectivity index (χ3n) is 2.73. The first-order valence-electron chi connectivity index (χ1n) is 6.31. The number of halogens is 1. The Balaban J connectivity index is 1.80. The number of hydrogen-bond acceptors (Lipinski definition) is 3. The van der Waals surface area contributed by atoms with Gasteiger partial charge in [0.05, 0.1) is 0 Å². The van der Waals surface area contributed by atoms with Crippen LogP contribution in [0.4, 0.5) is 4.39 Å². The molecule has 0 aliphatic rings.